The average Bonchev–Trinajstić information content (AvgIpc) is 2.64. The summed E-state index contributed by atoms with van der Waals surface area (Å²) in [6.07, 6.45) is 1.64. The van der Waals surface area contributed by atoms with Gasteiger partial charge in [0.15, 0.2) is 5.16 Å². The summed E-state index contributed by atoms with van der Waals surface area (Å²) in [6.45, 7) is 9.37. The van der Waals surface area contributed by atoms with Crippen molar-refractivity contribution < 1.29 is 14.7 Å². The zero-order chi connectivity index (χ0) is 15.5. The first-order chi connectivity index (χ1) is 9.11. The second kappa shape index (κ2) is 6.30. The number of amides is 1. The maximum atomic E-state index is 12.2. The molecule has 0 spiro atoms. The molecule has 1 rings (SSSR count). The van der Waals surface area contributed by atoms with Gasteiger partial charge in [-0.15, -0.1) is 0 Å². The predicted molar refractivity (Wildman–Crippen MR) is 77.9 cm³/mol. The quantitative estimate of drug-likeness (QED) is 0.811. The number of aliphatic carboxylic acids is 1. The third kappa shape index (κ3) is 4.56. The maximum Gasteiger partial charge on any atom is 0.313 e. The highest BCUT2D eigenvalue weighted by molar-refractivity contribution is 7.99. The monoisotopic (exact) mass is 299 g/mol. The third-order valence-electron chi connectivity index (χ3n) is 2.54. The molecular weight excluding hydrogens is 278 g/mol. The highest BCUT2D eigenvalue weighted by atomic mass is 32.2. The minimum atomic E-state index is -0.908. The predicted octanol–water partition coefficient (Wildman–Crippen LogP) is 1.84. The molecule has 7 heteroatoms. The van der Waals surface area contributed by atoms with E-state index in [4.69, 9.17) is 5.11 Å². The summed E-state index contributed by atoms with van der Waals surface area (Å²) in [4.78, 5) is 27.0. The second-order valence-electron chi connectivity index (χ2n) is 5.65. The molecular formula is C13H21N3O3S. The summed E-state index contributed by atoms with van der Waals surface area (Å²) in [5.74, 6) is -1.10. The summed E-state index contributed by atoms with van der Waals surface area (Å²) in [6, 6.07) is -0.437. The van der Waals surface area contributed by atoms with Gasteiger partial charge in [0.1, 0.15) is 6.04 Å². The van der Waals surface area contributed by atoms with Crippen LogP contribution in [-0.2, 0) is 9.59 Å². The molecule has 0 aliphatic heterocycles. The molecule has 1 atom stereocenters. The van der Waals surface area contributed by atoms with Crippen LogP contribution in [0.25, 0.3) is 0 Å². The van der Waals surface area contributed by atoms with Gasteiger partial charge in [-0.25, -0.2) is 4.98 Å². The van der Waals surface area contributed by atoms with E-state index in [1.165, 1.54) is 0 Å². The smallest absolute Gasteiger partial charge is 0.313 e. The largest absolute Gasteiger partial charge is 0.481 e. The van der Waals surface area contributed by atoms with Crippen molar-refractivity contribution in [2.24, 2.45) is 0 Å². The number of carbonyl (C=O) groups excluding carboxylic acids is 1. The molecule has 1 aromatic heterocycles. The lowest BCUT2D eigenvalue weighted by Gasteiger charge is -2.25. The fourth-order valence-electron chi connectivity index (χ4n) is 1.72. The Labute approximate surface area is 123 Å². The Bertz CT molecular complexity index is 505. The first-order valence-electron chi connectivity index (χ1n) is 6.32. The van der Waals surface area contributed by atoms with E-state index in [-0.39, 0.29) is 17.2 Å². The van der Waals surface area contributed by atoms with Gasteiger partial charge in [-0.2, -0.15) is 0 Å². The van der Waals surface area contributed by atoms with Crippen molar-refractivity contribution in [3.63, 3.8) is 0 Å². The Hall–Kier alpha value is -1.50. The molecule has 1 unspecified atom stereocenters. The molecule has 1 heterocycles. The van der Waals surface area contributed by atoms with E-state index in [0.717, 1.165) is 17.5 Å². The van der Waals surface area contributed by atoms with Crippen LogP contribution in [0.5, 0.6) is 0 Å². The average molecular weight is 299 g/mol. The summed E-state index contributed by atoms with van der Waals surface area (Å²) in [5, 5.41) is 12.2. The van der Waals surface area contributed by atoms with Crippen LogP contribution in [0, 0.1) is 6.92 Å². The summed E-state index contributed by atoms with van der Waals surface area (Å²) in [5.41, 5.74) is 0.517. The van der Waals surface area contributed by atoms with Gasteiger partial charge in [-0.3, -0.25) is 9.59 Å². The normalized spacial score (nSPS) is 13.1. The van der Waals surface area contributed by atoms with Crippen molar-refractivity contribution in [3.05, 3.63) is 11.9 Å². The van der Waals surface area contributed by atoms with Crippen molar-refractivity contribution >= 4 is 23.6 Å². The van der Waals surface area contributed by atoms with Crippen LogP contribution in [0.2, 0.25) is 0 Å². The first-order valence-corrected chi connectivity index (χ1v) is 7.31. The Balaban J connectivity index is 2.91. The Morgan fingerprint density at radius 3 is 2.60 bits per heavy atom. The lowest BCUT2D eigenvalue weighted by atomic mass is 10.1. The minimum absolute atomic E-state index is 0.0793. The first kappa shape index (κ1) is 16.6. The highest BCUT2D eigenvalue weighted by Crippen LogP contribution is 2.23. The summed E-state index contributed by atoms with van der Waals surface area (Å²) < 4.78 is 1.76. The van der Waals surface area contributed by atoms with Crippen LogP contribution in [0.1, 0.15) is 39.4 Å². The van der Waals surface area contributed by atoms with Crippen molar-refractivity contribution in [2.45, 2.75) is 51.4 Å². The fourth-order valence-corrected chi connectivity index (χ4v) is 2.54. The number of carbonyl (C=O) groups is 2. The van der Waals surface area contributed by atoms with Crippen LogP contribution in [0.4, 0.5) is 0 Å². The molecule has 0 aromatic carbocycles. The highest BCUT2D eigenvalue weighted by Gasteiger charge is 2.24. The van der Waals surface area contributed by atoms with Crippen LogP contribution >= 0.6 is 11.8 Å². The maximum absolute atomic E-state index is 12.2. The van der Waals surface area contributed by atoms with Crippen LogP contribution in [0.3, 0.4) is 0 Å². The molecule has 20 heavy (non-hydrogen) atoms. The molecule has 1 aromatic rings. The molecule has 112 valence electrons. The Morgan fingerprint density at radius 2 is 2.10 bits per heavy atom. The van der Waals surface area contributed by atoms with Crippen molar-refractivity contribution in [2.75, 3.05) is 5.75 Å². The van der Waals surface area contributed by atoms with E-state index in [1.54, 1.807) is 17.7 Å². The summed E-state index contributed by atoms with van der Waals surface area (Å²) in [7, 11) is 0. The SMILES string of the molecule is Cc1cnc(SCC(=O)O)n1C(C)C(=O)NC(C)(C)C. The zero-order valence-electron chi connectivity index (χ0n) is 12.4. The van der Waals surface area contributed by atoms with Crippen LogP contribution < -0.4 is 5.32 Å². The van der Waals surface area contributed by atoms with Gasteiger partial charge < -0.3 is 15.0 Å². The number of aryl methyl sites for hydroxylation is 1. The zero-order valence-corrected chi connectivity index (χ0v) is 13.2. The van der Waals surface area contributed by atoms with E-state index in [0.29, 0.717) is 5.16 Å². The number of aromatic nitrogens is 2. The number of thioether (sulfide) groups is 1. The number of carboxylic acids is 1. The Morgan fingerprint density at radius 1 is 1.50 bits per heavy atom. The molecule has 2 N–H and O–H groups in total. The molecule has 0 bridgehead atoms. The number of imidazole rings is 1. The van der Waals surface area contributed by atoms with Gasteiger partial charge in [0.05, 0.1) is 5.75 Å². The molecule has 0 saturated carbocycles. The van der Waals surface area contributed by atoms with Crippen molar-refractivity contribution in [1.82, 2.24) is 14.9 Å². The van der Waals surface area contributed by atoms with E-state index in [9.17, 15) is 9.59 Å². The van der Waals surface area contributed by atoms with Gasteiger partial charge in [-0.1, -0.05) is 11.8 Å². The molecule has 1 amide bonds. The van der Waals surface area contributed by atoms with Crippen LogP contribution in [-0.4, -0.2) is 37.8 Å². The van der Waals surface area contributed by atoms with Gasteiger partial charge in [0.25, 0.3) is 0 Å². The molecule has 0 fully saturated rings. The number of hydrogen-bond donors (Lipinski definition) is 2. The van der Waals surface area contributed by atoms with Crippen LogP contribution in [0.15, 0.2) is 11.4 Å². The number of carboxylic acid groups (broad SMARTS) is 1. The third-order valence-corrected chi connectivity index (χ3v) is 3.49. The number of nitrogens with one attached hydrogen (secondary N) is 1. The second-order valence-corrected chi connectivity index (χ2v) is 6.59. The molecule has 0 saturated heterocycles. The molecule has 6 nitrogen and oxygen atoms in total. The van der Waals surface area contributed by atoms with E-state index < -0.39 is 12.0 Å². The molecule has 0 aliphatic carbocycles. The van der Waals surface area contributed by atoms with Gasteiger partial charge >= 0.3 is 5.97 Å². The minimum Gasteiger partial charge on any atom is -0.481 e. The number of rotatable bonds is 5. The van der Waals surface area contributed by atoms with Gasteiger partial charge in [0, 0.05) is 17.4 Å². The topological polar surface area (TPSA) is 84.2 Å². The van der Waals surface area contributed by atoms with Gasteiger partial charge in [-0.05, 0) is 34.6 Å². The Kier molecular flexibility index (Phi) is 5.21. The molecule has 0 radical (unpaired) electrons. The van der Waals surface area contributed by atoms with E-state index in [2.05, 4.69) is 10.3 Å². The standard InChI is InChI=1S/C13H21N3O3S/c1-8-6-14-12(20-7-10(17)18)16(8)9(2)11(19)15-13(3,4)5/h6,9H,7H2,1-5H3,(H,15,19)(H,17,18). The van der Waals surface area contributed by atoms with E-state index >= 15 is 0 Å². The number of hydrogen-bond acceptors (Lipinski definition) is 4. The lowest BCUT2D eigenvalue weighted by Crippen LogP contribution is -2.44. The lowest BCUT2D eigenvalue weighted by molar-refractivity contribution is -0.134. The van der Waals surface area contributed by atoms with Crippen molar-refractivity contribution in [1.29, 1.82) is 0 Å². The van der Waals surface area contributed by atoms with E-state index in [1.807, 2.05) is 27.7 Å². The number of nitrogens with zero attached hydrogens (tertiary/aromatic N) is 2. The summed E-state index contributed by atoms with van der Waals surface area (Å²) >= 11 is 1.11. The van der Waals surface area contributed by atoms with Crippen molar-refractivity contribution in [3.8, 4) is 0 Å². The van der Waals surface area contributed by atoms with Gasteiger partial charge in [0.2, 0.25) is 5.91 Å². The molecule has 0 aliphatic rings. The fraction of sp³-hybridized carbons (Fsp3) is 0.615.